The number of barbiturate groups is 1. The van der Waals surface area contributed by atoms with E-state index in [1.807, 2.05) is 18.2 Å². The van der Waals surface area contributed by atoms with E-state index in [9.17, 15) is 14.4 Å². The van der Waals surface area contributed by atoms with E-state index in [0.717, 1.165) is 16.0 Å². The molecule has 11 heteroatoms. The van der Waals surface area contributed by atoms with Gasteiger partial charge in [0.1, 0.15) is 30.3 Å². The zero-order valence-electron chi connectivity index (χ0n) is 21.6. The smallest absolute Gasteiger partial charge is 0.335 e. The number of rotatable bonds is 8. The van der Waals surface area contributed by atoms with E-state index in [1.54, 1.807) is 66.7 Å². The van der Waals surface area contributed by atoms with Crippen molar-refractivity contribution >= 4 is 80.3 Å². The molecule has 4 aromatic carbocycles. The van der Waals surface area contributed by atoms with E-state index in [0.29, 0.717) is 36.6 Å². The van der Waals surface area contributed by atoms with Crippen LogP contribution in [-0.4, -0.2) is 17.8 Å². The van der Waals surface area contributed by atoms with Gasteiger partial charge in [-0.1, -0.05) is 65.1 Å². The van der Waals surface area contributed by atoms with Gasteiger partial charge in [-0.2, -0.15) is 0 Å². The highest BCUT2D eigenvalue weighted by Gasteiger charge is 2.36. The molecule has 4 aromatic rings. The Bertz CT molecular complexity index is 1730. The standard InChI is InChI=1S/C31H20BrCl3N2O5/c32-25-14-18(5-12-28(25)42-17-19-3-1-2-4-26(19)34)13-24-29(38)36-31(40)37(30(24)39)22-8-10-23(11-9-22)41-16-20-6-7-21(33)15-27(20)35/h1-15H,16-17H2,(H,36,38,40)/b24-13+. The maximum atomic E-state index is 13.3. The zero-order valence-corrected chi connectivity index (χ0v) is 25.4. The molecular weight excluding hydrogens is 667 g/mol. The molecule has 1 aliphatic rings. The Morgan fingerprint density at radius 1 is 0.786 bits per heavy atom. The first-order valence-electron chi connectivity index (χ1n) is 12.4. The molecule has 0 unspecified atom stereocenters. The highest BCUT2D eigenvalue weighted by Crippen LogP contribution is 2.30. The molecule has 42 heavy (non-hydrogen) atoms. The molecular formula is C31H20BrCl3N2O5. The minimum absolute atomic E-state index is 0.194. The number of anilines is 1. The zero-order chi connectivity index (χ0) is 29.8. The number of nitrogens with one attached hydrogen (secondary N) is 1. The lowest BCUT2D eigenvalue weighted by atomic mass is 10.1. The summed E-state index contributed by atoms with van der Waals surface area (Å²) in [6.45, 7) is 0.453. The molecule has 0 saturated carbocycles. The van der Waals surface area contributed by atoms with Gasteiger partial charge in [-0.3, -0.25) is 14.9 Å². The number of hydrogen-bond acceptors (Lipinski definition) is 5. The number of ether oxygens (including phenoxy) is 2. The highest BCUT2D eigenvalue weighted by molar-refractivity contribution is 9.10. The van der Waals surface area contributed by atoms with Crippen molar-refractivity contribution in [2.24, 2.45) is 0 Å². The van der Waals surface area contributed by atoms with Crippen molar-refractivity contribution in [3.8, 4) is 11.5 Å². The van der Waals surface area contributed by atoms with Crippen LogP contribution in [0.15, 0.2) is 95.0 Å². The van der Waals surface area contributed by atoms with Gasteiger partial charge in [0.2, 0.25) is 0 Å². The molecule has 0 radical (unpaired) electrons. The first kappa shape index (κ1) is 29.7. The summed E-state index contributed by atoms with van der Waals surface area (Å²) in [6.07, 6.45) is 1.41. The van der Waals surface area contributed by atoms with Gasteiger partial charge in [0.25, 0.3) is 11.8 Å². The fourth-order valence-corrected chi connectivity index (χ4v) is 5.21. The highest BCUT2D eigenvalue weighted by atomic mass is 79.9. The number of amides is 4. The van der Waals surface area contributed by atoms with Crippen LogP contribution < -0.4 is 19.7 Å². The summed E-state index contributed by atoms with van der Waals surface area (Å²) < 4.78 is 12.3. The van der Waals surface area contributed by atoms with Gasteiger partial charge in [0.05, 0.1) is 10.2 Å². The van der Waals surface area contributed by atoms with Crippen LogP contribution in [0.4, 0.5) is 10.5 Å². The molecule has 1 fully saturated rings. The van der Waals surface area contributed by atoms with Crippen molar-refractivity contribution in [2.75, 3.05) is 4.90 Å². The average molecular weight is 687 g/mol. The van der Waals surface area contributed by atoms with Crippen LogP contribution in [-0.2, 0) is 22.8 Å². The Morgan fingerprint density at radius 3 is 2.21 bits per heavy atom. The van der Waals surface area contributed by atoms with Crippen LogP contribution in [0.5, 0.6) is 11.5 Å². The van der Waals surface area contributed by atoms with Crippen LogP contribution in [0.25, 0.3) is 6.08 Å². The summed E-state index contributed by atoms with van der Waals surface area (Å²) >= 11 is 21.8. The Labute approximate surface area is 264 Å². The summed E-state index contributed by atoms with van der Waals surface area (Å²) in [4.78, 5) is 39.5. The first-order valence-corrected chi connectivity index (χ1v) is 14.4. The van der Waals surface area contributed by atoms with Gasteiger partial charge < -0.3 is 9.47 Å². The van der Waals surface area contributed by atoms with E-state index in [2.05, 4.69) is 21.2 Å². The third-order valence-electron chi connectivity index (χ3n) is 6.21. The quantitative estimate of drug-likeness (QED) is 0.149. The minimum Gasteiger partial charge on any atom is -0.489 e. The summed E-state index contributed by atoms with van der Waals surface area (Å²) in [6, 6.07) is 23.0. The molecule has 0 aromatic heterocycles. The third-order valence-corrected chi connectivity index (χ3v) is 7.79. The van der Waals surface area contributed by atoms with Gasteiger partial charge >= 0.3 is 6.03 Å². The molecule has 0 atom stereocenters. The number of imide groups is 2. The summed E-state index contributed by atoms with van der Waals surface area (Å²) in [5.41, 5.74) is 2.18. The largest absolute Gasteiger partial charge is 0.489 e. The van der Waals surface area contributed by atoms with Gasteiger partial charge in [0.15, 0.2) is 0 Å². The Morgan fingerprint density at radius 2 is 1.50 bits per heavy atom. The SMILES string of the molecule is O=C1NC(=O)N(c2ccc(OCc3ccc(Cl)cc3Cl)cc2)C(=O)/C1=C/c1ccc(OCc2ccccc2Cl)c(Br)c1. The second-order valence-corrected chi connectivity index (χ2v) is 11.2. The molecule has 0 spiro atoms. The molecule has 4 amide bonds. The van der Waals surface area contributed by atoms with Crippen molar-refractivity contribution in [2.45, 2.75) is 13.2 Å². The second-order valence-electron chi connectivity index (χ2n) is 9.05. The van der Waals surface area contributed by atoms with E-state index < -0.39 is 17.8 Å². The Kier molecular flexibility index (Phi) is 9.18. The van der Waals surface area contributed by atoms with Crippen molar-refractivity contribution < 1.29 is 23.9 Å². The van der Waals surface area contributed by atoms with Crippen molar-refractivity contribution in [3.63, 3.8) is 0 Å². The van der Waals surface area contributed by atoms with E-state index in [-0.39, 0.29) is 24.5 Å². The van der Waals surface area contributed by atoms with Crippen LogP contribution in [0.1, 0.15) is 16.7 Å². The fourth-order valence-electron chi connectivity index (χ4n) is 4.04. The Hall–Kier alpha value is -3.82. The predicted molar refractivity (Wildman–Crippen MR) is 166 cm³/mol. The van der Waals surface area contributed by atoms with Gasteiger partial charge in [-0.15, -0.1) is 0 Å². The fraction of sp³-hybridized carbons (Fsp3) is 0.0645. The monoisotopic (exact) mass is 684 g/mol. The van der Waals surface area contributed by atoms with E-state index in [4.69, 9.17) is 44.3 Å². The number of urea groups is 1. The van der Waals surface area contributed by atoms with Crippen molar-refractivity contribution in [3.05, 3.63) is 127 Å². The first-order chi connectivity index (χ1) is 20.2. The number of benzene rings is 4. The molecule has 5 rings (SSSR count). The molecule has 212 valence electrons. The third kappa shape index (κ3) is 6.79. The predicted octanol–water partition coefficient (Wildman–Crippen LogP) is 8.23. The lowest BCUT2D eigenvalue weighted by Crippen LogP contribution is -2.54. The molecule has 1 saturated heterocycles. The van der Waals surface area contributed by atoms with Crippen LogP contribution in [0, 0.1) is 0 Å². The van der Waals surface area contributed by atoms with Crippen LogP contribution >= 0.6 is 50.7 Å². The molecule has 1 N–H and O–H groups in total. The molecule has 1 heterocycles. The lowest BCUT2D eigenvalue weighted by molar-refractivity contribution is -0.122. The maximum absolute atomic E-state index is 13.3. The summed E-state index contributed by atoms with van der Waals surface area (Å²) in [5, 5.41) is 3.82. The van der Waals surface area contributed by atoms with Crippen LogP contribution in [0.2, 0.25) is 15.1 Å². The van der Waals surface area contributed by atoms with E-state index in [1.165, 1.54) is 6.08 Å². The molecule has 7 nitrogen and oxygen atoms in total. The van der Waals surface area contributed by atoms with Crippen molar-refractivity contribution in [1.82, 2.24) is 5.32 Å². The minimum atomic E-state index is -0.853. The normalized spacial score (nSPS) is 14.2. The number of hydrogen-bond donors (Lipinski definition) is 1. The van der Waals surface area contributed by atoms with E-state index >= 15 is 0 Å². The van der Waals surface area contributed by atoms with Gasteiger partial charge in [0, 0.05) is 26.2 Å². The topological polar surface area (TPSA) is 84.9 Å². The molecule has 0 aliphatic carbocycles. The van der Waals surface area contributed by atoms with Crippen LogP contribution in [0.3, 0.4) is 0 Å². The molecule has 0 bridgehead atoms. The lowest BCUT2D eigenvalue weighted by Gasteiger charge is -2.26. The summed E-state index contributed by atoms with van der Waals surface area (Å²) in [7, 11) is 0. The average Bonchev–Trinajstić information content (AvgIpc) is 2.96. The second kappa shape index (κ2) is 13.0. The van der Waals surface area contributed by atoms with Gasteiger partial charge in [-0.05, 0) is 82.2 Å². The maximum Gasteiger partial charge on any atom is 0.335 e. The number of carbonyl (C=O) groups excluding carboxylic acids is 3. The molecule has 1 aliphatic heterocycles. The number of carbonyl (C=O) groups is 3. The number of halogens is 4. The Balaban J connectivity index is 1.29. The van der Waals surface area contributed by atoms with Crippen molar-refractivity contribution in [1.29, 1.82) is 0 Å². The number of nitrogens with zero attached hydrogens (tertiary/aromatic N) is 1. The summed E-state index contributed by atoms with van der Waals surface area (Å²) in [5.74, 6) is -0.520. The van der Waals surface area contributed by atoms with Gasteiger partial charge in [-0.25, -0.2) is 9.69 Å².